The molecule has 111 heavy (non-hydrogen) atoms. The van der Waals surface area contributed by atoms with Gasteiger partial charge < -0.3 is 63.8 Å². The van der Waals surface area contributed by atoms with Crippen molar-refractivity contribution in [2.75, 3.05) is 0 Å². The van der Waals surface area contributed by atoms with Crippen LogP contribution in [0.4, 0.5) is 0 Å². The van der Waals surface area contributed by atoms with Gasteiger partial charge in [-0.05, 0) is 77.0 Å². The Kier molecular flexibility index (Phi) is 110. The van der Waals surface area contributed by atoms with Gasteiger partial charge in [-0.2, -0.15) is 0 Å². The number of primary amides is 5. The molecule has 5 amide bonds. The normalized spacial score (nSPS) is 10.6. The molecule has 0 aromatic rings. The van der Waals surface area contributed by atoms with Crippen molar-refractivity contribution < 1.29 is 73.5 Å². The zero-order valence-electron chi connectivity index (χ0n) is 71.4. The van der Waals surface area contributed by atoms with Crippen LogP contribution in [-0.2, 0) is 47.9 Å². The van der Waals surface area contributed by atoms with E-state index in [4.69, 9.17) is 44.0 Å². The van der Waals surface area contributed by atoms with Crippen LogP contribution in [0.3, 0.4) is 0 Å². The van der Waals surface area contributed by atoms with Gasteiger partial charge in [-0.1, -0.05) is 385 Å². The molecule has 0 aromatic carbocycles. The molecule has 0 radical (unpaired) electrons. The van der Waals surface area contributed by atoms with Gasteiger partial charge in [0.1, 0.15) is 0 Å². The average Bonchev–Trinajstić information content (AvgIpc) is 3.37. The molecule has 0 heterocycles. The third kappa shape index (κ3) is 138. The molecule has 650 valence electrons. The zero-order valence-corrected chi connectivity index (χ0v) is 73.6. The molecule has 0 saturated carbocycles. The first-order valence-electron chi connectivity index (χ1n) is 45.6. The monoisotopic (exact) mass is 1600 g/mol. The van der Waals surface area contributed by atoms with E-state index in [1.54, 1.807) is 0 Å². The second-order valence-electron chi connectivity index (χ2n) is 31.5. The van der Waals surface area contributed by atoms with Crippen LogP contribution in [0.15, 0.2) is 0 Å². The van der Waals surface area contributed by atoms with Gasteiger partial charge in [0.25, 0.3) is 0 Å². The summed E-state index contributed by atoms with van der Waals surface area (Å²) in [5.74, 6) is -4.77. The second kappa shape index (κ2) is 104. The molecular weight excluding hydrogens is 1430 g/mol. The Balaban J connectivity index is -0.000000310. The SMILES string of the molecule is NC(=O)CCCCCCCCCCCCCCCCC(=O)O.NC(=O)CCCCCCCCCCCCCCCCC(=O)O.NC(=O)CCCCCCCCCCCCCCCCC(=O)O.NC(=O)CCCCCCCCCCCCCCCCC(=O)[O-].NC(=O)CCCCCCCCCCCCCCCCC(=O)[O-].[Ca+2]. The fraction of sp³-hybridized carbons (Fsp3) is 0.889. The average molecular weight is 1610 g/mol. The minimum Gasteiger partial charge on any atom is -0.550 e. The Morgan fingerprint density at radius 2 is 0.216 bits per heavy atom. The number of carbonyl (C=O) groups is 10. The summed E-state index contributed by atoms with van der Waals surface area (Å²) >= 11 is 0. The fourth-order valence-corrected chi connectivity index (χ4v) is 13.5. The number of hydrogen-bond acceptors (Lipinski definition) is 12. The molecule has 0 fully saturated rings. The molecule has 20 nitrogen and oxygen atoms in total. The van der Waals surface area contributed by atoms with Gasteiger partial charge in [0.2, 0.25) is 29.5 Å². The van der Waals surface area contributed by atoms with E-state index in [0.29, 0.717) is 51.4 Å². The summed E-state index contributed by atoms with van der Waals surface area (Å²) in [5.41, 5.74) is 25.5. The van der Waals surface area contributed by atoms with Crippen molar-refractivity contribution >= 4 is 97.1 Å². The molecule has 21 heteroatoms. The first-order valence-corrected chi connectivity index (χ1v) is 45.6. The first kappa shape index (κ1) is 118. The minimum absolute atomic E-state index is 0. The fourth-order valence-electron chi connectivity index (χ4n) is 13.5. The van der Waals surface area contributed by atoms with E-state index in [1.807, 2.05) is 0 Å². The Labute approximate surface area is 708 Å². The van der Waals surface area contributed by atoms with E-state index < -0.39 is 29.8 Å². The zero-order chi connectivity index (χ0) is 82.3. The van der Waals surface area contributed by atoms with Crippen molar-refractivity contribution in [1.82, 2.24) is 0 Å². The molecule has 0 aromatic heterocycles. The van der Waals surface area contributed by atoms with E-state index >= 15 is 0 Å². The summed E-state index contributed by atoms with van der Waals surface area (Å²) in [6.07, 6.45) is 87.7. The van der Waals surface area contributed by atoms with Gasteiger partial charge in [0.15, 0.2) is 0 Å². The Morgan fingerprint density at radius 3 is 0.288 bits per heavy atom. The standard InChI is InChI=1S/5C18H35NO3.Ca/c5*19-17(20)15-13-11-9-7-5-3-1-2-4-6-8-10-12-14-16-18(21)22;/h5*1-16H2,(H2,19,20)(H,21,22);/q;;;;;+2/p-2. The van der Waals surface area contributed by atoms with Crippen LogP contribution in [0, 0.1) is 0 Å². The van der Waals surface area contributed by atoms with E-state index in [-0.39, 0.29) is 80.1 Å². The van der Waals surface area contributed by atoms with Crippen molar-refractivity contribution in [3.05, 3.63) is 0 Å². The Hall–Kier alpha value is -4.04. The number of carbonyl (C=O) groups excluding carboxylic acids is 7. The molecule has 0 spiro atoms. The molecule has 0 unspecified atom stereocenters. The maximum absolute atomic E-state index is 10.6. The molecule has 0 saturated heterocycles. The molecule has 0 aliphatic heterocycles. The van der Waals surface area contributed by atoms with Crippen LogP contribution in [-0.4, -0.2) is 112 Å². The molecule has 0 aliphatic carbocycles. The number of carboxylic acids is 5. The number of unbranched alkanes of at least 4 members (excludes halogenated alkanes) is 65. The predicted molar refractivity (Wildman–Crippen MR) is 454 cm³/mol. The third-order valence-corrected chi connectivity index (χ3v) is 20.3. The Morgan fingerprint density at radius 1 is 0.144 bits per heavy atom. The Bertz CT molecular complexity index is 1590. The maximum atomic E-state index is 10.6. The molecule has 0 aliphatic rings. The van der Waals surface area contributed by atoms with Crippen LogP contribution < -0.4 is 38.9 Å². The summed E-state index contributed by atoms with van der Waals surface area (Å²) in [7, 11) is 0. The van der Waals surface area contributed by atoms with E-state index in [0.717, 1.165) is 141 Å². The maximum Gasteiger partial charge on any atom is 2.00 e. The van der Waals surface area contributed by atoms with Crippen LogP contribution >= 0.6 is 0 Å². The number of nitrogens with two attached hydrogens (primary N) is 5. The summed E-state index contributed by atoms with van der Waals surface area (Å²) in [5, 5.41) is 46.0. The smallest absolute Gasteiger partial charge is 0.550 e. The molecule has 0 bridgehead atoms. The van der Waals surface area contributed by atoms with Crippen LogP contribution in [0.25, 0.3) is 0 Å². The van der Waals surface area contributed by atoms with Crippen molar-refractivity contribution in [2.24, 2.45) is 28.7 Å². The summed E-state index contributed by atoms with van der Waals surface area (Å²) in [6.45, 7) is 0. The number of hydrogen-bond donors (Lipinski definition) is 8. The largest absolute Gasteiger partial charge is 2.00 e. The quantitative estimate of drug-likeness (QED) is 0.0207. The number of carboxylic acid groups (broad SMARTS) is 5. The first-order chi connectivity index (χ1) is 53.1. The molecule has 13 N–H and O–H groups in total. The van der Waals surface area contributed by atoms with Gasteiger partial charge in [0, 0.05) is 63.3 Å². The van der Waals surface area contributed by atoms with Gasteiger partial charge in [0.05, 0.1) is 0 Å². The number of aliphatic carboxylic acids is 5. The van der Waals surface area contributed by atoms with Crippen molar-refractivity contribution in [1.29, 1.82) is 0 Å². The van der Waals surface area contributed by atoms with Crippen LogP contribution in [0.2, 0.25) is 0 Å². The van der Waals surface area contributed by atoms with Crippen LogP contribution in [0.1, 0.15) is 514 Å². The number of amides is 5. The van der Waals surface area contributed by atoms with Crippen LogP contribution in [0.5, 0.6) is 0 Å². The van der Waals surface area contributed by atoms with Gasteiger partial charge in [-0.3, -0.25) is 38.4 Å². The summed E-state index contributed by atoms with van der Waals surface area (Å²) in [6, 6.07) is 0. The topological polar surface area (TPSA) is 408 Å². The predicted octanol–water partition coefficient (Wildman–Crippen LogP) is 20.9. The number of rotatable bonds is 85. The third-order valence-electron chi connectivity index (χ3n) is 20.3. The van der Waals surface area contributed by atoms with Gasteiger partial charge in [-0.25, -0.2) is 0 Å². The van der Waals surface area contributed by atoms with Crippen molar-refractivity contribution in [3.63, 3.8) is 0 Å². The molecule has 0 rings (SSSR count). The second-order valence-corrected chi connectivity index (χ2v) is 31.5. The minimum atomic E-state index is -0.923. The van der Waals surface area contributed by atoms with E-state index in [9.17, 15) is 58.2 Å². The van der Waals surface area contributed by atoms with E-state index in [1.165, 1.54) is 308 Å². The molecule has 0 atom stereocenters. The van der Waals surface area contributed by atoms with Crippen molar-refractivity contribution in [2.45, 2.75) is 514 Å². The van der Waals surface area contributed by atoms with Gasteiger partial charge in [-0.15, -0.1) is 0 Å². The van der Waals surface area contributed by atoms with Gasteiger partial charge >= 0.3 is 55.6 Å². The molecular formula is C90H173CaN5O15. The summed E-state index contributed by atoms with van der Waals surface area (Å²) in [4.78, 5) is 104. The van der Waals surface area contributed by atoms with E-state index in [2.05, 4.69) is 0 Å². The summed E-state index contributed by atoms with van der Waals surface area (Å²) < 4.78 is 0. The van der Waals surface area contributed by atoms with Crippen molar-refractivity contribution in [3.8, 4) is 0 Å².